The number of furan rings is 1. The Kier molecular flexibility index (Phi) is 4.09. The fourth-order valence-corrected chi connectivity index (χ4v) is 3.35. The number of nitrogens with zero attached hydrogens (tertiary/aromatic N) is 6. The van der Waals surface area contributed by atoms with Crippen molar-refractivity contribution in [1.29, 1.82) is 0 Å². The quantitative estimate of drug-likeness (QED) is 0.721. The van der Waals surface area contributed by atoms with Gasteiger partial charge in [0.15, 0.2) is 5.82 Å². The lowest BCUT2D eigenvalue weighted by atomic mass is 9.96. The predicted molar refractivity (Wildman–Crippen MR) is 88.9 cm³/mol. The van der Waals surface area contributed by atoms with E-state index < -0.39 is 0 Å². The normalized spacial score (nSPS) is 17.8. The molecule has 1 amide bonds. The minimum Gasteiger partial charge on any atom is -0.472 e. The molecule has 1 aliphatic heterocycles. The van der Waals surface area contributed by atoms with Crippen molar-refractivity contribution in [3.05, 3.63) is 54.3 Å². The number of likely N-dealkylation sites (tertiary alicyclic amines) is 1. The molecule has 1 saturated heterocycles. The van der Waals surface area contributed by atoms with Crippen LogP contribution >= 0.6 is 0 Å². The van der Waals surface area contributed by atoms with Crippen LogP contribution < -0.4 is 0 Å². The van der Waals surface area contributed by atoms with Crippen LogP contribution in [0.5, 0.6) is 0 Å². The number of hydrogen-bond donors (Lipinski definition) is 0. The van der Waals surface area contributed by atoms with E-state index in [1.165, 1.54) is 12.5 Å². The average molecular weight is 340 g/mol. The van der Waals surface area contributed by atoms with Gasteiger partial charge >= 0.3 is 0 Å². The van der Waals surface area contributed by atoms with Crippen LogP contribution in [-0.4, -0.2) is 48.4 Å². The molecule has 8 nitrogen and oxygen atoms in total. The highest BCUT2D eigenvalue weighted by Gasteiger charge is 2.29. The molecule has 0 aromatic carbocycles. The van der Waals surface area contributed by atoms with E-state index in [1.807, 2.05) is 33.5 Å². The van der Waals surface area contributed by atoms with Gasteiger partial charge in [0, 0.05) is 38.4 Å². The summed E-state index contributed by atoms with van der Waals surface area (Å²) in [5.74, 6) is 1.98. The Balaban J connectivity index is 1.50. The minimum atomic E-state index is 0.0115. The molecule has 0 N–H and O–H groups in total. The van der Waals surface area contributed by atoms with E-state index in [2.05, 4.69) is 15.3 Å². The Morgan fingerprint density at radius 2 is 2.32 bits per heavy atom. The standard InChI is InChI=1S/C17H20N6O2/c1-21-15(11-23-8-3-6-18-23)19-20-16(21)13-4-2-7-22(10-13)17(24)14-5-9-25-12-14/h3,5-6,8-9,12-13H,2,4,7,10-11H2,1H3/t13-/m1/s1. The van der Waals surface area contributed by atoms with Gasteiger partial charge in [-0.05, 0) is 25.0 Å². The third kappa shape index (κ3) is 3.07. The summed E-state index contributed by atoms with van der Waals surface area (Å²) >= 11 is 0. The Hall–Kier alpha value is -2.90. The molecule has 0 saturated carbocycles. The third-order valence-electron chi connectivity index (χ3n) is 4.70. The lowest BCUT2D eigenvalue weighted by Gasteiger charge is -2.32. The highest BCUT2D eigenvalue weighted by molar-refractivity contribution is 5.93. The third-order valence-corrected chi connectivity index (χ3v) is 4.70. The molecule has 0 aliphatic carbocycles. The number of piperidine rings is 1. The molecular formula is C17H20N6O2. The van der Waals surface area contributed by atoms with Gasteiger partial charge in [-0.3, -0.25) is 9.48 Å². The molecule has 25 heavy (non-hydrogen) atoms. The summed E-state index contributed by atoms with van der Waals surface area (Å²) in [6.45, 7) is 2.00. The first-order chi connectivity index (χ1) is 12.2. The van der Waals surface area contributed by atoms with Gasteiger partial charge in [0.2, 0.25) is 0 Å². The summed E-state index contributed by atoms with van der Waals surface area (Å²) in [7, 11) is 1.98. The van der Waals surface area contributed by atoms with E-state index in [1.54, 1.807) is 12.3 Å². The molecule has 1 fully saturated rings. The summed E-state index contributed by atoms with van der Waals surface area (Å²) in [6.07, 6.45) is 8.63. The zero-order valence-corrected chi connectivity index (χ0v) is 14.1. The second-order valence-electron chi connectivity index (χ2n) is 6.34. The molecule has 3 aromatic rings. The number of carbonyl (C=O) groups is 1. The minimum absolute atomic E-state index is 0.0115. The Morgan fingerprint density at radius 1 is 1.40 bits per heavy atom. The SMILES string of the molecule is Cn1c(Cn2cccn2)nnc1[C@@H]1CCCN(C(=O)c2ccoc2)C1. The van der Waals surface area contributed by atoms with Gasteiger partial charge < -0.3 is 13.9 Å². The molecule has 4 heterocycles. The van der Waals surface area contributed by atoms with Crippen molar-refractivity contribution in [2.45, 2.75) is 25.3 Å². The molecule has 0 spiro atoms. The van der Waals surface area contributed by atoms with Crippen molar-refractivity contribution in [2.24, 2.45) is 7.05 Å². The maximum Gasteiger partial charge on any atom is 0.257 e. The number of amides is 1. The molecule has 3 aromatic heterocycles. The fourth-order valence-electron chi connectivity index (χ4n) is 3.35. The largest absolute Gasteiger partial charge is 0.472 e. The summed E-state index contributed by atoms with van der Waals surface area (Å²) in [6, 6.07) is 3.59. The number of carbonyl (C=O) groups excluding carboxylic acids is 1. The van der Waals surface area contributed by atoms with Crippen LogP contribution in [0.2, 0.25) is 0 Å². The van der Waals surface area contributed by atoms with Crippen molar-refractivity contribution < 1.29 is 9.21 Å². The summed E-state index contributed by atoms with van der Waals surface area (Å²) < 4.78 is 8.88. The first-order valence-electron chi connectivity index (χ1n) is 8.39. The maximum absolute atomic E-state index is 12.6. The molecule has 8 heteroatoms. The lowest BCUT2D eigenvalue weighted by Crippen LogP contribution is -2.39. The predicted octanol–water partition coefficient (Wildman–Crippen LogP) is 1.67. The maximum atomic E-state index is 12.6. The van der Waals surface area contributed by atoms with Crippen molar-refractivity contribution >= 4 is 5.91 Å². The van der Waals surface area contributed by atoms with Gasteiger partial charge in [-0.25, -0.2) is 0 Å². The van der Waals surface area contributed by atoms with Crippen LogP contribution in [-0.2, 0) is 13.6 Å². The van der Waals surface area contributed by atoms with Crippen molar-refractivity contribution in [3.8, 4) is 0 Å². The van der Waals surface area contributed by atoms with Crippen LogP contribution in [0.4, 0.5) is 0 Å². The van der Waals surface area contributed by atoms with E-state index in [0.717, 1.165) is 31.0 Å². The van der Waals surface area contributed by atoms with Gasteiger partial charge in [-0.15, -0.1) is 10.2 Å². The average Bonchev–Trinajstić information content (AvgIpc) is 3.38. The van der Waals surface area contributed by atoms with E-state index in [0.29, 0.717) is 18.7 Å². The van der Waals surface area contributed by atoms with Gasteiger partial charge in [-0.2, -0.15) is 5.10 Å². The van der Waals surface area contributed by atoms with E-state index >= 15 is 0 Å². The van der Waals surface area contributed by atoms with Crippen LogP contribution in [0.3, 0.4) is 0 Å². The van der Waals surface area contributed by atoms with E-state index in [9.17, 15) is 4.79 Å². The monoisotopic (exact) mass is 340 g/mol. The summed E-state index contributed by atoms with van der Waals surface area (Å²) in [5, 5.41) is 12.9. The molecule has 0 bridgehead atoms. The second-order valence-corrected chi connectivity index (χ2v) is 6.34. The lowest BCUT2D eigenvalue weighted by molar-refractivity contribution is 0.0702. The molecular weight excluding hydrogens is 320 g/mol. The molecule has 1 atom stereocenters. The number of aromatic nitrogens is 5. The van der Waals surface area contributed by atoms with Gasteiger partial charge in [-0.1, -0.05) is 0 Å². The zero-order chi connectivity index (χ0) is 17.2. The van der Waals surface area contributed by atoms with E-state index in [-0.39, 0.29) is 11.8 Å². The molecule has 4 rings (SSSR count). The first-order valence-corrected chi connectivity index (χ1v) is 8.39. The van der Waals surface area contributed by atoms with Crippen molar-refractivity contribution in [3.63, 3.8) is 0 Å². The Bertz CT molecular complexity index is 837. The zero-order valence-electron chi connectivity index (χ0n) is 14.1. The van der Waals surface area contributed by atoms with Crippen LogP contribution in [0.25, 0.3) is 0 Å². The molecule has 130 valence electrons. The smallest absolute Gasteiger partial charge is 0.257 e. The highest BCUT2D eigenvalue weighted by Crippen LogP contribution is 2.27. The van der Waals surface area contributed by atoms with Crippen molar-refractivity contribution in [2.75, 3.05) is 13.1 Å². The first kappa shape index (κ1) is 15.6. The highest BCUT2D eigenvalue weighted by atomic mass is 16.3. The summed E-state index contributed by atoms with van der Waals surface area (Å²) in [4.78, 5) is 14.4. The van der Waals surface area contributed by atoms with Gasteiger partial charge in [0.1, 0.15) is 18.6 Å². The fraction of sp³-hybridized carbons (Fsp3) is 0.412. The van der Waals surface area contributed by atoms with Crippen LogP contribution in [0.15, 0.2) is 41.5 Å². The van der Waals surface area contributed by atoms with Gasteiger partial charge in [0.25, 0.3) is 5.91 Å². The topological polar surface area (TPSA) is 82.0 Å². The van der Waals surface area contributed by atoms with Crippen LogP contribution in [0.1, 0.15) is 40.8 Å². The molecule has 0 unspecified atom stereocenters. The van der Waals surface area contributed by atoms with E-state index in [4.69, 9.17) is 4.42 Å². The van der Waals surface area contributed by atoms with Crippen molar-refractivity contribution in [1.82, 2.24) is 29.4 Å². The summed E-state index contributed by atoms with van der Waals surface area (Å²) in [5.41, 5.74) is 0.595. The van der Waals surface area contributed by atoms with Gasteiger partial charge in [0.05, 0.1) is 11.8 Å². The van der Waals surface area contributed by atoms with Crippen LogP contribution in [0, 0.1) is 0 Å². The molecule has 1 aliphatic rings. The second kappa shape index (κ2) is 6.54. The Labute approximate surface area is 145 Å². The molecule has 0 radical (unpaired) electrons. The Morgan fingerprint density at radius 3 is 3.08 bits per heavy atom. The number of rotatable bonds is 4. The number of hydrogen-bond acceptors (Lipinski definition) is 5.